The second-order valence-electron chi connectivity index (χ2n) is 6.23. The van der Waals surface area contributed by atoms with Gasteiger partial charge < -0.3 is 14.0 Å². The molecule has 21 heavy (non-hydrogen) atoms. The zero-order chi connectivity index (χ0) is 15.8. The Morgan fingerprint density at radius 3 is 2.38 bits per heavy atom. The Balaban J connectivity index is 2.33. The molecular weight excluding hydrogens is 269 g/mol. The standard InChI is InChI=1S/C15H22BNO4/c1-7-19-13(18)12-8-11(10(2)9-17-12)16-20-14(3,4)15(5,6)21-16/h8-9H,7H2,1-6H3. The van der Waals surface area contributed by atoms with Gasteiger partial charge in [-0.25, -0.2) is 9.78 Å². The molecule has 1 aromatic rings. The third-order valence-corrected chi connectivity index (χ3v) is 4.14. The molecule has 0 N–H and O–H groups in total. The van der Waals surface area contributed by atoms with Crippen molar-refractivity contribution in [1.82, 2.24) is 4.98 Å². The number of carbonyl (C=O) groups is 1. The topological polar surface area (TPSA) is 57.7 Å². The van der Waals surface area contributed by atoms with Crippen molar-refractivity contribution in [3.8, 4) is 0 Å². The van der Waals surface area contributed by atoms with Gasteiger partial charge in [-0.15, -0.1) is 0 Å². The molecule has 0 atom stereocenters. The quantitative estimate of drug-likeness (QED) is 0.628. The summed E-state index contributed by atoms with van der Waals surface area (Å²) < 4.78 is 17.0. The Bertz CT molecular complexity index is 541. The van der Waals surface area contributed by atoms with E-state index in [0.29, 0.717) is 6.61 Å². The van der Waals surface area contributed by atoms with E-state index in [9.17, 15) is 4.79 Å². The molecule has 1 aromatic heterocycles. The van der Waals surface area contributed by atoms with Crippen molar-refractivity contribution in [3.63, 3.8) is 0 Å². The maximum absolute atomic E-state index is 11.8. The minimum atomic E-state index is -0.508. The van der Waals surface area contributed by atoms with Crippen molar-refractivity contribution in [2.24, 2.45) is 0 Å². The summed E-state index contributed by atoms with van der Waals surface area (Å²) in [5, 5.41) is 0. The zero-order valence-corrected chi connectivity index (χ0v) is 13.5. The third-order valence-electron chi connectivity index (χ3n) is 4.14. The highest BCUT2D eigenvalue weighted by molar-refractivity contribution is 6.62. The number of carbonyl (C=O) groups excluding carboxylic acids is 1. The van der Waals surface area contributed by atoms with Gasteiger partial charge in [0, 0.05) is 6.20 Å². The molecule has 6 heteroatoms. The smallest absolute Gasteiger partial charge is 0.461 e. The first kappa shape index (κ1) is 16.0. The molecule has 1 aliphatic rings. The number of hydrogen-bond donors (Lipinski definition) is 0. The summed E-state index contributed by atoms with van der Waals surface area (Å²) in [6.45, 7) is 12.0. The summed E-state index contributed by atoms with van der Waals surface area (Å²) in [6, 6.07) is 1.69. The monoisotopic (exact) mass is 291 g/mol. The van der Waals surface area contributed by atoms with E-state index in [1.165, 1.54) is 0 Å². The van der Waals surface area contributed by atoms with E-state index in [-0.39, 0.29) is 5.69 Å². The molecular formula is C15H22BNO4. The predicted molar refractivity (Wildman–Crippen MR) is 80.6 cm³/mol. The zero-order valence-electron chi connectivity index (χ0n) is 13.5. The first-order chi connectivity index (χ1) is 9.68. The molecule has 0 bridgehead atoms. The number of esters is 1. The minimum Gasteiger partial charge on any atom is -0.461 e. The normalized spacial score (nSPS) is 19.6. The molecule has 1 saturated heterocycles. The molecule has 2 heterocycles. The average Bonchev–Trinajstić information content (AvgIpc) is 2.59. The van der Waals surface area contributed by atoms with E-state index in [0.717, 1.165) is 11.0 Å². The van der Waals surface area contributed by atoms with E-state index in [1.807, 2.05) is 34.6 Å². The van der Waals surface area contributed by atoms with Gasteiger partial charge in [-0.2, -0.15) is 0 Å². The molecule has 0 aromatic carbocycles. The summed E-state index contributed by atoms with van der Waals surface area (Å²) in [5.41, 5.74) is 1.16. The molecule has 0 amide bonds. The van der Waals surface area contributed by atoms with E-state index >= 15 is 0 Å². The van der Waals surface area contributed by atoms with Crippen LogP contribution in [0.15, 0.2) is 12.3 Å². The summed E-state index contributed by atoms with van der Waals surface area (Å²) in [4.78, 5) is 15.9. The highest BCUT2D eigenvalue weighted by Gasteiger charge is 2.52. The van der Waals surface area contributed by atoms with Gasteiger partial charge in [-0.1, -0.05) is 0 Å². The molecule has 5 nitrogen and oxygen atoms in total. The lowest BCUT2D eigenvalue weighted by atomic mass is 9.76. The van der Waals surface area contributed by atoms with Crippen molar-refractivity contribution in [3.05, 3.63) is 23.5 Å². The van der Waals surface area contributed by atoms with Crippen molar-refractivity contribution < 1.29 is 18.8 Å². The minimum absolute atomic E-state index is 0.271. The Morgan fingerprint density at radius 1 is 1.29 bits per heavy atom. The molecule has 114 valence electrons. The Hall–Kier alpha value is -1.40. The maximum Gasteiger partial charge on any atom is 0.495 e. The van der Waals surface area contributed by atoms with Gasteiger partial charge in [0.2, 0.25) is 0 Å². The van der Waals surface area contributed by atoms with Crippen LogP contribution in [-0.2, 0) is 14.0 Å². The van der Waals surface area contributed by atoms with Crippen LogP contribution in [0.2, 0.25) is 0 Å². The molecule has 0 radical (unpaired) electrons. The van der Waals surface area contributed by atoms with Crippen molar-refractivity contribution in [2.45, 2.75) is 52.7 Å². The number of ether oxygens (including phenoxy) is 1. The fourth-order valence-electron chi connectivity index (χ4n) is 2.08. The van der Waals surface area contributed by atoms with Crippen LogP contribution in [-0.4, -0.2) is 35.9 Å². The highest BCUT2D eigenvalue weighted by Crippen LogP contribution is 2.36. The molecule has 1 fully saturated rings. The summed E-state index contributed by atoms with van der Waals surface area (Å²) >= 11 is 0. The van der Waals surface area contributed by atoms with Gasteiger partial charge in [0.25, 0.3) is 0 Å². The van der Waals surface area contributed by atoms with Crippen LogP contribution in [0, 0.1) is 6.92 Å². The fourth-order valence-corrected chi connectivity index (χ4v) is 2.08. The molecule has 0 unspecified atom stereocenters. The van der Waals surface area contributed by atoms with Crippen molar-refractivity contribution in [1.29, 1.82) is 0 Å². The first-order valence-corrected chi connectivity index (χ1v) is 7.17. The summed E-state index contributed by atoms with van der Waals surface area (Å²) in [7, 11) is -0.508. The maximum atomic E-state index is 11.8. The van der Waals surface area contributed by atoms with Gasteiger partial charge in [0.05, 0.1) is 17.8 Å². The van der Waals surface area contributed by atoms with Crippen LogP contribution in [0.3, 0.4) is 0 Å². The molecule has 0 aliphatic carbocycles. The van der Waals surface area contributed by atoms with E-state index in [4.69, 9.17) is 14.0 Å². The lowest BCUT2D eigenvalue weighted by Crippen LogP contribution is -2.41. The number of rotatable bonds is 3. The number of pyridine rings is 1. The Morgan fingerprint density at radius 2 is 1.86 bits per heavy atom. The van der Waals surface area contributed by atoms with Crippen molar-refractivity contribution >= 4 is 18.6 Å². The van der Waals surface area contributed by atoms with Crippen LogP contribution in [0.4, 0.5) is 0 Å². The van der Waals surface area contributed by atoms with E-state index < -0.39 is 24.3 Å². The predicted octanol–water partition coefficient (Wildman–Crippen LogP) is 1.87. The second-order valence-corrected chi connectivity index (χ2v) is 6.23. The lowest BCUT2D eigenvalue weighted by molar-refractivity contribution is 0.00578. The molecule has 1 aliphatic heterocycles. The first-order valence-electron chi connectivity index (χ1n) is 7.17. The fraction of sp³-hybridized carbons (Fsp3) is 0.600. The van der Waals surface area contributed by atoms with Crippen LogP contribution in [0.5, 0.6) is 0 Å². The SMILES string of the molecule is CCOC(=O)c1cc(B2OC(C)(C)C(C)(C)O2)c(C)cn1. The number of hydrogen-bond acceptors (Lipinski definition) is 5. The number of aryl methyl sites for hydroxylation is 1. The van der Waals surface area contributed by atoms with E-state index in [2.05, 4.69) is 4.98 Å². The van der Waals surface area contributed by atoms with Crippen molar-refractivity contribution in [2.75, 3.05) is 6.61 Å². The van der Waals surface area contributed by atoms with Crippen LogP contribution < -0.4 is 5.46 Å². The van der Waals surface area contributed by atoms with Gasteiger partial charge in [0.1, 0.15) is 5.69 Å². The lowest BCUT2D eigenvalue weighted by Gasteiger charge is -2.32. The second kappa shape index (κ2) is 5.42. The Kier molecular flexibility index (Phi) is 4.13. The number of nitrogens with zero attached hydrogens (tertiary/aromatic N) is 1. The van der Waals surface area contributed by atoms with Crippen LogP contribution in [0.25, 0.3) is 0 Å². The third kappa shape index (κ3) is 2.96. The van der Waals surface area contributed by atoms with Crippen LogP contribution in [0.1, 0.15) is 50.7 Å². The van der Waals surface area contributed by atoms with Gasteiger partial charge >= 0.3 is 13.1 Å². The summed E-state index contributed by atoms with van der Waals surface area (Å²) in [6.07, 6.45) is 1.65. The number of aromatic nitrogens is 1. The van der Waals surface area contributed by atoms with Gasteiger partial charge in [-0.3, -0.25) is 0 Å². The van der Waals surface area contributed by atoms with Gasteiger partial charge in [-0.05, 0) is 58.6 Å². The highest BCUT2D eigenvalue weighted by atomic mass is 16.7. The molecule has 0 spiro atoms. The molecule has 2 rings (SSSR count). The average molecular weight is 291 g/mol. The van der Waals surface area contributed by atoms with Gasteiger partial charge in [0.15, 0.2) is 0 Å². The van der Waals surface area contributed by atoms with Crippen LogP contribution >= 0.6 is 0 Å². The Labute approximate surface area is 126 Å². The van der Waals surface area contributed by atoms with E-state index in [1.54, 1.807) is 19.2 Å². The largest absolute Gasteiger partial charge is 0.495 e. The summed E-state index contributed by atoms with van der Waals surface area (Å²) in [5.74, 6) is -0.435. The molecule has 0 saturated carbocycles.